The normalized spacial score (nSPS) is 22.2. The average molecular weight is 271 g/mol. The van der Waals surface area contributed by atoms with Crippen molar-refractivity contribution in [1.29, 1.82) is 0 Å². The summed E-state index contributed by atoms with van der Waals surface area (Å²) in [5.74, 6) is 1.09. The summed E-state index contributed by atoms with van der Waals surface area (Å²) in [6.45, 7) is 7.94. The van der Waals surface area contributed by atoms with E-state index in [9.17, 15) is 0 Å². The maximum atomic E-state index is 5.91. The molecule has 0 atom stereocenters. The van der Waals surface area contributed by atoms with Crippen molar-refractivity contribution in [2.24, 2.45) is 0 Å². The van der Waals surface area contributed by atoms with Crippen molar-refractivity contribution in [3.05, 3.63) is 36.1 Å². The topological polar surface area (TPSA) is 31.7 Å². The highest BCUT2D eigenvalue weighted by Crippen LogP contribution is 2.20. The van der Waals surface area contributed by atoms with E-state index in [1.165, 1.54) is 31.6 Å². The number of benzene rings is 1. The SMILES string of the molecule is c1ccc2oc(CN3CCN(C4CNC4)CC3)cc2c1. The highest BCUT2D eigenvalue weighted by Gasteiger charge is 2.27. The maximum Gasteiger partial charge on any atom is 0.134 e. The van der Waals surface area contributed by atoms with Crippen molar-refractivity contribution in [2.45, 2.75) is 12.6 Å². The number of hydrogen-bond donors (Lipinski definition) is 1. The van der Waals surface area contributed by atoms with Crippen LogP contribution in [0.3, 0.4) is 0 Å². The standard InChI is InChI=1S/C16H21N3O/c1-2-4-16-13(3-1)9-15(20-16)12-18-5-7-19(8-6-18)14-10-17-11-14/h1-4,9,14,17H,5-8,10-12H2. The Morgan fingerprint density at radius 2 is 1.90 bits per heavy atom. The Bertz CT molecular complexity index is 549. The van der Waals surface area contributed by atoms with Crippen molar-refractivity contribution < 1.29 is 4.42 Å². The average Bonchev–Trinajstić information content (AvgIpc) is 2.81. The minimum Gasteiger partial charge on any atom is -0.460 e. The molecule has 0 bridgehead atoms. The molecule has 1 N–H and O–H groups in total. The molecule has 0 aliphatic carbocycles. The van der Waals surface area contributed by atoms with Crippen LogP contribution in [0.4, 0.5) is 0 Å². The van der Waals surface area contributed by atoms with Crippen molar-refractivity contribution in [3.63, 3.8) is 0 Å². The van der Waals surface area contributed by atoms with Crippen molar-refractivity contribution in [3.8, 4) is 0 Å². The molecular formula is C16H21N3O. The van der Waals surface area contributed by atoms with Gasteiger partial charge >= 0.3 is 0 Å². The molecule has 4 nitrogen and oxygen atoms in total. The Hall–Kier alpha value is -1.36. The number of piperazine rings is 1. The van der Waals surface area contributed by atoms with E-state index in [2.05, 4.69) is 33.3 Å². The molecule has 0 amide bonds. The molecule has 2 aliphatic heterocycles. The largest absolute Gasteiger partial charge is 0.460 e. The van der Waals surface area contributed by atoms with Gasteiger partial charge < -0.3 is 9.73 Å². The second-order valence-corrected chi connectivity index (χ2v) is 5.87. The molecule has 1 aromatic heterocycles. The number of hydrogen-bond acceptors (Lipinski definition) is 4. The number of fused-ring (bicyclic) bond motifs is 1. The third-order valence-corrected chi connectivity index (χ3v) is 4.54. The molecule has 2 aliphatic rings. The van der Waals surface area contributed by atoms with E-state index in [-0.39, 0.29) is 0 Å². The summed E-state index contributed by atoms with van der Waals surface area (Å²) in [4.78, 5) is 5.12. The Morgan fingerprint density at radius 3 is 2.60 bits per heavy atom. The van der Waals surface area contributed by atoms with Gasteiger partial charge in [0.1, 0.15) is 11.3 Å². The summed E-state index contributed by atoms with van der Waals surface area (Å²) < 4.78 is 5.91. The summed E-state index contributed by atoms with van der Waals surface area (Å²) in [6.07, 6.45) is 0. The lowest BCUT2D eigenvalue weighted by atomic mass is 10.1. The first-order valence-corrected chi connectivity index (χ1v) is 7.53. The van der Waals surface area contributed by atoms with E-state index >= 15 is 0 Å². The Balaban J connectivity index is 1.37. The van der Waals surface area contributed by atoms with Crippen molar-refractivity contribution >= 4 is 11.0 Å². The molecule has 0 unspecified atom stereocenters. The van der Waals surface area contributed by atoms with E-state index in [0.717, 1.165) is 37.0 Å². The number of para-hydroxylation sites is 1. The van der Waals surface area contributed by atoms with E-state index < -0.39 is 0 Å². The van der Waals surface area contributed by atoms with Gasteiger partial charge in [0.25, 0.3) is 0 Å². The highest BCUT2D eigenvalue weighted by molar-refractivity contribution is 5.77. The van der Waals surface area contributed by atoms with E-state index in [4.69, 9.17) is 4.42 Å². The third-order valence-electron chi connectivity index (χ3n) is 4.54. The quantitative estimate of drug-likeness (QED) is 0.917. The summed E-state index contributed by atoms with van der Waals surface area (Å²) in [7, 11) is 0. The first-order chi connectivity index (χ1) is 9.88. The lowest BCUT2D eigenvalue weighted by molar-refractivity contribution is 0.0667. The fourth-order valence-electron chi connectivity index (χ4n) is 3.15. The lowest BCUT2D eigenvalue weighted by Crippen LogP contribution is -2.61. The number of nitrogens with one attached hydrogen (secondary N) is 1. The minimum absolute atomic E-state index is 0.781. The predicted octanol–water partition coefficient (Wildman–Crippen LogP) is 1.52. The van der Waals surface area contributed by atoms with Crippen molar-refractivity contribution in [1.82, 2.24) is 15.1 Å². The van der Waals surface area contributed by atoms with Crippen LogP contribution in [0.25, 0.3) is 11.0 Å². The van der Waals surface area contributed by atoms with Crippen LogP contribution in [0.2, 0.25) is 0 Å². The van der Waals surface area contributed by atoms with Crippen LogP contribution in [0.5, 0.6) is 0 Å². The summed E-state index contributed by atoms with van der Waals surface area (Å²) in [5, 5.41) is 4.56. The molecule has 0 radical (unpaired) electrons. The molecule has 0 saturated carbocycles. The van der Waals surface area contributed by atoms with Crippen LogP contribution >= 0.6 is 0 Å². The van der Waals surface area contributed by atoms with Gasteiger partial charge in [0, 0.05) is 50.7 Å². The molecule has 4 rings (SSSR count). The summed E-state index contributed by atoms with van der Waals surface area (Å²) >= 11 is 0. The second-order valence-electron chi connectivity index (χ2n) is 5.87. The van der Waals surface area contributed by atoms with Crippen LogP contribution in [0.1, 0.15) is 5.76 Å². The fraction of sp³-hybridized carbons (Fsp3) is 0.500. The molecule has 20 heavy (non-hydrogen) atoms. The fourth-order valence-corrected chi connectivity index (χ4v) is 3.15. The number of nitrogens with zero attached hydrogens (tertiary/aromatic N) is 2. The van der Waals surface area contributed by atoms with Crippen LogP contribution in [0, 0.1) is 0 Å². The van der Waals surface area contributed by atoms with Crippen LogP contribution < -0.4 is 5.32 Å². The van der Waals surface area contributed by atoms with Gasteiger partial charge in [-0.3, -0.25) is 9.80 Å². The zero-order chi connectivity index (χ0) is 13.4. The smallest absolute Gasteiger partial charge is 0.134 e. The number of furan rings is 1. The van der Waals surface area contributed by atoms with Crippen molar-refractivity contribution in [2.75, 3.05) is 39.3 Å². The Kier molecular flexibility index (Phi) is 3.22. The molecule has 4 heteroatoms. The van der Waals surface area contributed by atoms with Gasteiger partial charge in [-0.25, -0.2) is 0 Å². The van der Waals surface area contributed by atoms with Gasteiger partial charge in [-0.05, 0) is 12.1 Å². The molecule has 2 fully saturated rings. The van der Waals surface area contributed by atoms with E-state index in [0.29, 0.717) is 0 Å². The maximum absolute atomic E-state index is 5.91. The lowest BCUT2D eigenvalue weighted by Gasteiger charge is -2.43. The third kappa shape index (κ3) is 2.35. The Labute approximate surface area is 119 Å². The van der Waals surface area contributed by atoms with Gasteiger partial charge in [0.2, 0.25) is 0 Å². The predicted molar refractivity (Wildman–Crippen MR) is 79.7 cm³/mol. The van der Waals surface area contributed by atoms with Gasteiger partial charge in [-0.15, -0.1) is 0 Å². The van der Waals surface area contributed by atoms with Crippen LogP contribution in [-0.4, -0.2) is 55.1 Å². The van der Waals surface area contributed by atoms with Gasteiger partial charge in [-0.2, -0.15) is 0 Å². The molecule has 3 heterocycles. The molecule has 1 aromatic carbocycles. The Morgan fingerprint density at radius 1 is 1.10 bits per heavy atom. The van der Waals surface area contributed by atoms with Gasteiger partial charge in [0.15, 0.2) is 0 Å². The molecule has 2 saturated heterocycles. The summed E-state index contributed by atoms with van der Waals surface area (Å²) in [5.41, 5.74) is 1.00. The van der Waals surface area contributed by atoms with Crippen LogP contribution in [-0.2, 0) is 6.54 Å². The zero-order valence-electron chi connectivity index (χ0n) is 11.7. The zero-order valence-corrected chi connectivity index (χ0v) is 11.7. The van der Waals surface area contributed by atoms with Crippen LogP contribution in [0.15, 0.2) is 34.7 Å². The second kappa shape index (κ2) is 5.20. The molecule has 0 spiro atoms. The first kappa shape index (κ1) is 12.4. The molecule has 106 valence electrons. The van der Waals surface area contributed by atoms with Gasteiger partial charge in [-0.1, -0.05) is 18.2 Å². The minimum atomic E-state index is 0.781. The molecule has 2 aromatic rings. The first-order valence-electron chi connectivity index (χ1n) is 7.53. The highest BCUT2D eigenvalue weighted by atomic mass is 16.3. The summed E-state index contributed by atoms with van der Waals surface area (Å²) in [6, 6.07) is 11.2. The van der Waals surface area contributed by atoms with E-state index in [1.807, 2.05) is 12.1 Å². The van der Waals surface area contributed by atoms with E-state index in [1.54, 1.807) is 0 Å². The molecular weight excluding hydrogens is 250 g/mol. The number of rotatable bonds is 3. The monoisotopic (exact) mass is 271 g/mol. The van der Waals surface area contributed by atoms with Gasteiger partial charge in [0.05, 0.1) is 6.54 Å².